The van der Waals surface area contributed by atoms with Gasteiger partial charge in [-0.15, -0.1) is 0 Å². The van der Waals surface area contributed by atoms with Gasteiger partial charge in [-0.05, 0) is 55.5 Å². The Balaban J connectivity index is 1.54. The average molecular weight is 423 g/mol. The Hall–Kier alpha value is -3.44. The normalized spacial score (nSPS) is 13.8. The van der Waals surface area contributed by atoms with Gasteiger partial charge in [0.1, 0.15) is 17.3 Å². The van der Waals surface area contributed by atoms with Crippen LogP contribution in [0, 0.1) is 12.7 Å². The van der Waals surface area contributed by atoms with Gasteiger partial charge in [0.05, 0.1) is 5.56 Å². The third-order valence-corrected chi connectivity index (χ3v) is 5.01. The van der Waals surface area contributed by atoms with Crippen LogP contribution in [0.4, 0.5) is 4.39 Å². The van der Waals surface area contributed by atoms with Gasteiger partial charge in [-0.1, -0.05) is 29.8 Å². The summed E-state index contributed by atoms with van der Waals surface area (Å²) in [6, 6.07) is 15.9. The molecule has 4 nitrogen and oxygen atoms in total. The van der Waals surface area contributed by atoms with Crippen LogP contribution in [0.15, 0.2) is 66.4 Å². The van der Waals surface area contributed by atoms with Crippen molar-refractivity contribution in [3.05, 3.63) is 99.5 Å². The molecule has 3 aromatic carbocycles. The molecule has 0 atom stereocenters. The number of hydrogen-bond donors (Lipinski definition) is 0. The van der Waals surface area contributed by atoms with E-state index in [0.717, 1.165) is 0 Å². The summed E-state index contributed by atoms with van der Waals surface area (Å²) in [5.74, 6) is -0.176. The molecule has 0 spiro atoms. The van der Waals surface area contributed by atoms with Crippen LogP contribution in [-0.2, 0) is 0 Å². The van der Waals surface area contributed by atoms with Crippen LogP contribution in [-0.4, -0.2) is 18.2 Å². The highest BCUT2D eigenvalue weighted by Gasteiger charge is 2.30. The standard InChI is InChI=1S/C24H16ClFO4/c1-14-21(29-13-20(27)15-6-8-17(25)9-7-15)11-10-18-23(28)22(30-24(14)18)12-16-4-2-3-5-19(16)26/h2-12H,13H2,1H3/b22-12-. The van der Waals surface area contributed by atoms with Crippen molar-refractivity contribution in [2.24, 2.45) is 0 Å². The first-order valence-corrected chi connectivity index (χ1v) is 9.56. The first-order valence-electron chi connectivity index (χ1n) is 9.18. The first kappa shape index (κ1) is 19.9. The highest BCUT2D eigenvalue weighted by atomic mass is 35.5. The van der Waals surface area contributed by atoms with Crippen molar-refractivity contribution in [3.8, 4) is 11.5 Å². The summed E-state index contributed by atoms with van der Waals surface area (Å²) < 4.78 is 25.3. The van der Waals surface area contributed by atoms with E-state index >= 15 is 0 Å². The van der Waals surface area contributed by atoms with Crippen LogP contribution < -0.4 is 9.47 Å². The van der Waals surface area contributed by atoms with Gasteiger partial charge in [0, 0.05) is 21.7 Å². The Morgan fingerprint density at radius 3 is 2.57 bits per heavy atom. The molecule has 0 aliphatic carbocycles. The first-order chi connectivity index (χ1) is 14.4. The number of allylic oxidation sites excluding steroid dienone is 1. The fourth-order valence-corrected chi connectivity index (χ4v) is 3.25. The molecule has 1 aliphatic rings. The predicted octanol–water partition coefficient (Wildman–Crippen LogP) is 5.67. The fourth-order valence-electron chi connectivity index (χ4n) is 3.12. The molecule has 1 heterocycles. The number of Topliss-reactive ketones (excluding diaryl/α,β-unsaturated/α-hetero) is 2. The van der Waals surface area contributed by atoms with Crippen molar-refractivity contribution in [2.45, 2.75) is 6.92 Å². The van der Waals surface area contributed by atoms with Gasteiger partial charge < -0.3 is 9.47 Å². The second-order valence-corrected chi connectivity index (χ2v) is 7.18. The van der Waals surface area contributed by atoms with Crippen LogP contribution in [0.5, 0.6) is 11.5 Å². The van der Waals surface area contributed by atoms with E-state index in [-0.39, 0.29) is 29.5 Å². The Morgan fingerprint density at radius 1 is 1.10 bits per heavy atom. The quantitative estimate of drug-likeness (QED) is 0.393. The number of fused-ring (bicyclic) bond motifs is 1. The molecule has 0 bridgehead atoms. The molecule has 150 valence electrons. The number of carbonyl (C=O) groups is 2. The molecular formula is C24H16ClFO4. The van der Waals surface area contributed by atoms with Crippen molar-refractivity contribution in [1.82, 2.24) is 0 Å². The molecule has 30 heavy (non-hydrogen) atoms. The number of ether oxygens (including phenoxy) is 2. The lowest BCUT2D eigenvalue weighted by molar-refractivity contribution is 0.0920. The molecule has 1 aliphatic heterocycles. The minimum atomic E-state index is -0.446. The van der Waals surface area contributed by atoms with Crippen molar-refractivity contribution < 1.29 is 23.5 Å². The summed E-state index contributed by atoms with van der Waals surface area (Å²) in [5.41, 5.74) is 1.70. The highest BCUT2D eigenvalue weighted by Crippen LogP contribution is 2.39. The van der Waals surface area contributed by atoms with Crippen molar-refractivity contribution in [1.29, 1.82) is 0 Å². The maximum absolute atomic E-state index is 13.9. The molecule has 3 aromatic rings. The molecule has 0 radical (unpaired) electrons. The van der Waals surface area contributed by atoms with E-state index < -0.39 is 5.82 Å². The topological polar surface area (TPSA) is 52.6 Å². The van der Waals surface area contributed by atoms with E-state index in [1.807, 2.05) is 0 Å². The zero-order valence-electron chi connectivity index (χ0n) is 15.9. The third-order valence-electron chi connectivity index (χ3n) is 4.75. The van der Waals surface area contributed by atoms with Gasteiger partial charge in [0.25, 0.3) is 0 Å². The van der Waals surface area contributed by atoms with E-state index in [1.165, 1.54) is 12.1 Å². The van der Waals surface area contributed by atoms with Crippen LogP contribution in [0.25, 0.3) is 6.08 Å². The number of rotatable bonds is 5. The third kappa shape index (κ3) is 3.84. The minimum Gasteiger partial charge on any atom is -0.485 e. The van der Waals surface area contributed by atoms with Crippen LogP contribution >= 0.6 is 11.6 Å². The molecule has 6 heteroatoms. The summed E-state index contributed by atoms with van der Waals surface area (Å²) >= 11 is 5.84. The van der Waals surface area contributed by atoms with Gasteiger partial charge >= 0.3 is 0 Å². The molecule has 0 N–H and O–H groups in total. The van der Waals surface area contributed by atoms with Crippen LogP contribution in [0.2, 0.25) is 5.02 Å². The number of halogens is 2. The predicted molar refractivity (Wildman–Crippen MR) is 112 cm³/mol. The maximum Gasteiger partial charge on any atom is 0.231 e. The van der Waals surface area contributed by atoms with E-state index in [4.69, 9.17) is 21.1 Å². The van der Waals surface area contributed by atoms with E-state index in [9.17, 15) is 14.0 Å². The van der Waals surface area contributed by atoms with Gasteiger partial charge in [-0.3, -0.25) is 9.59 Å². The molecule has 0 fully saturated rings. The second-order valence-electron chi connectivity index (χ2n) is 6.75. The lowest BCUT2D eigenvalue weighted by Gasteiger charge is -2.11. The smallest absolute Gasteiger partial charge is 0.231 e. The van der Waals surface area contributed by atoms with Crippen molar-refractivity contribution in [3.63, 3.8) is 0 Å². The summed E-state index contributed by atoms with van der Waals surface area (Å²) in [6.45, 7) is 1.56. The summed E-state index contributed by atoms with van der Waals surface area (Å²) in [5, 5.41) is 0.544. The van der Waals surface area contributed by atoms with Gasteiger partial charge in [0.2, 0.25) is 5.78 Å². The molecule has 0 aromatic heterocycles. The molecule has 4 rings (SSSR count). The summed E-state index contributed by atoms with van der Waals surface area (Å²) in [4.78, 5) is 24.9. The van der Waals surface area contributed by atoms with E-state index in [0.29, 0.717) is 33.2 Å². The molecule has 0 saturated carbocycles. The monoisotopic (exact) mass is 422 g/mol. The summed E-state index contributed by atoms with van der Waals surface area (Å²) in [6.07, 6.45) is 1.38. The zero-order valence-corrected chi connectivity index (χ0v) is 16.7. The van der Waals surface area contributed by atoms with Crippen molar-refractivity contribution >= 4 is 29.2 Å². The number of hydrogen-bond acceptors (Lipinski definition) is 4. The van der Waals surface area contributed by atoms with Crippen LogP contribution in [0.1, 0.15) is 31.8 Å². The Labute approximate surface area is 177 Å². The lowest BCUT2D eigenvalue weighted by Crippen LogP contribution is -2.12. The molecule has 0 saturated heterocycles. The summed E-state index contributed by atoms with van der Waals surface area (Å²) in [7, 11) is 0. The number of ketones is 2. The largest absolute Gasteiger partial charge is 0.485 e. The fraction of sp³-hybridized carbons (Fsp3) is 0.0833. The van der Waals surface area contributed by atoms with Gasteiger partial charge in [0.15, 0.2) is 18.1 Å². The van der Waals surface area contributed by atoms with E-state index in [1.54, 1.807) is 61.5 Å². The highest BCUT2D eigenvalue weighted by molar-refractivity contribution is 6.30. The van der Waals surface area contributed by atoms with Gasteiger partial charge in [-0.2, -0.15) is 0 Å². The van der Waals surface area contributed by atoms with Crippen molar-refractivity contribution in [2.75, 3.05) is 6.61 Å². The minimum absolute atomic E-state index is 0.0348. The Bertz CT molecular complexity index is 1180. The zero-order chi connectivity index (χ0) is 21.3. The molecule has 0 amide bonds. The lowest BCUT2D eigenvalue weighted by atomic mass is 10.1. The van der Waals surface area contributed by atoms with E-state index in [2.05, 4.69) is 0 Å². The molecular weight excluding hydrogens is 407 g/mol. The Morgan fingerprint density at radius 2 is 1.83 bits per heavy atom. The van der Waals surface area contributed by atoms with Crippen LogP contribution in [0.3, 0.4) is 0 Å². The SMILES string of the molecule is Cc1c(OCC(=O)c2ccc(Cl)cc2)ccc2c1O/C(=C\c1ccccc1F)C2=O. The average Bonchev–Trinajstić information content (AvgIpc) is 3.06. The number of benzene rings is 3. The number of carbonyl (C=O) groups excluding carboxylic acids is 2. The molecule has 0 unspecified atom stereocenters. The van der Waals surface area contributed by atoms with Gasteiger partial charge in [-0.25, -0.2) is 4.39 Å². The maximum atomic E-state index is 13.9. The second kappa shape index (κ2) is 8.13. The Kier molecular flexibility index (Phi) is 5.38.